The quantitative estimate of drug-likeness (QED) is 0.281. The van der Waals surface area contributed by atoms with Crippen LogP contribution in [0.5, 0.6) is 0 Å². The van der Waals surface area contributed by atoms with Gasteiger partial charge in [0.05, 0.1) is 18.4 Å². The van der Waals surface area contributed by atoms with Crippen molar-refractivity contribution in [1.82, 2.24) is 10.2 Å². The SMILES string of the molecule is CSCCC1(C(=O)O)NC(c2ccc(-c3ccccc3)cc2)C2C(=O)N(Cc3cccc4ccccc34)C(=O)C21. The maximum Gasteiger partial charge on any atom is 0.324 e. The number of carbonyl (C=O) groups excluding carboxylic acids is 2. The summed E-state index contributed by atoms with van der Waals surface area (Å²) in [6, 6.07) is 30.9. The molecule has 2 heterocycles. The van der Waals surface area contributed by atoms with E-state index in [2.05, 4.69) is 5.32 Å². The zero-order valence-electron chi connectivity index (χ0n) is 22.1. The zero-order chi connectivity index (χ0) is 27.9. The summed E-state index contributed by atoms with van der Waals surface area (Å²) in [5.74, 6) is -3.07. The van der Waals surface area contributed by atoms with Crippen molar-refractivity contribution in [2.24, 2.45) is 11.8 Å². The third kappa shape index (κ3) is 4.30. The average molecular weight is 551 g/mol. The third-order valence-corrected chi connectivity index (χ3v) is 9.03. The molecule has 6 nitrogen and oxygen atoms in total. The van der Waals surface area contributed by atoms with E-state index in [0.717, 1.165) is 33.0 Å². The number of imide groups is 1. The number of fused-ring (bicyclic) bond motifs is 2. The Bertz CT molecular complexity index is 1580. The maximum atomic E-state index is 14.1. The molecule has 2 aliphatic heterocycles. The topological polar surface area (TPSA) is 86.7 Å². The number of thioether (sulfide) groups is 1. The number of aliphatic carboxylic acids is 1. The number of carboxylic acids is 1. The first-order valence-corrected chi connectivity index (χ1v) is 14.8. The first-order chi connectivity index (χ1) is 19.4. The predicted molar refractivity (Wildman–Crippen MR) is 158 cm³/mol. The minimum Gasteiger partial charge on any atom is -0.480 e. The van der Waals surface area contributed by atoms with Gasteiger partial charge in [-0.2, -0.15) is 11.8 Å². The molecular weight excluding hydrogens is 520 g/mol. The number of hydrogen-bond acceptors (Lipinski definition) is 5. The van der Waals surface area contributed by atoms with Gasteiger partial charge in [-0.25, -0.2) is 0 Å². The standard InChI is InChI=1S/C33H30N2O4S/c1-40-19-18-33(32(38)39)28-27(29(34-33)24-16-14-22(15-17-24)21-8-3-2-4-9-21)30(36)35(31(28)37)20-25-12-7-11-23-10-5-6-13-26(23)25/h2-17,27-29,34H,18-20H2,1H3,(H,38,39). The molecule has 2 aliphatic rings. The van der Waals surface area contributed by atoms with E-state index in [9.17, 15) is 19.5 Å². The second-order valence-corrected chi connectivity index (χ2v) is 11.5. The van der Waals surface area contributed by atoms with Crippen molar-refractivity contribution >= 4 is 40.3 Å². The van der Waals surface area contributed by atoms with E-state index in [1.54, 1.807) is 0 Å². The molecule has 4 aromatic rings. The molecule has 0 spiro atoms. The van der Waals surface area contributed by atoms with Crippen LogP contribution in [-0.2, 0) is 20.9 Å². The van der Waals surface area contributed by atoms with E-state index in [-0.39, 0.29) is 18.9 Å². The number of carboxylic acid groups (broad SMARTS) is 1. The van der Waals surface area contributed by atoms with Gasteiger partial charge in [0.1, 0.15) is 5.54 Å². The third-order valence-electron chi connectivity index (χ3n) is 8.41. The number of rotatable bonds is 8. The van der Waals surface area contributed by atoms with Crippen LogP contribution in [0.3, 0.4) is 0 Å². The number of amides is 2. The van der Waals surface area contributed by atoms with Crippen molar-refractivity contribution in [2.75, 3.05) is 12.0 Å². The Kier molecular flexibility index (Phi) is 6.94. The molecule has 202 valence electrons. The number of nitrogens with one attached hydrogen (secondary N) is 1. The Balaban J connectivity index is 1.39. The molecule has 2 saturated heterocycles. The minimum atomic E-state index is -1.53. The van der Waals surface area contributed by atoms with Crippen LogP contribution in [0.4, 0.5) is 0 Å². The fourth-order valence-electron chi connectivity index (χ4n) is 6.42. The van der Waals surface area contributed by atoms with Gasteiger partial charge in [-0.1, -0.05) is 97.1 Å². The highest BCUT2D eigenvalue weighted by Crippen LogP contribution is 2.51. The van der Waals surface area contributed by atoms with Crippen LogP contribution in [0.1, 0.15) is 23.6 Å². The van der Waals surface area contributed by atoms with Crippen LogP contribution < -0.4 is 5.32 Å². The molecule has 4 aromatic carbocycles. The predicted octanol–water partition coefficient (Wildman–Crippen LogP) is 5.53. The average Bonchev–Trinajstić information content (AvgIpc) is 3.46. The van der Waals surface area contributed by atoms with Crippen LogP contribution in [0.2, 0.25) is 0 Å². The summed E-state index contributed by atoms with van der Waals surface area (Å²) in [6.07, 6.45) is 2.15. The largest absolute Gasteiger partial charge is 0.480 e. The molecule has 0 radical (unpaired) electrons. The first-order valence-electron chi connectivity index (χ1n) is 13.4. The highest BCUT2D eigenvalue weighted by Gasteiger charge is 2.68. The normalized spacial score (nSPS) is 24.0. The second-order valence-electron chi connectivity index (χ2n) is 10.5. The molecule has 4 unspecified atom stereocenters. The molecule has 6 rings (SSSR count). The number of hydrogen-bond donors (Lipinski definition) is 2. The molecule has 7 heteroatoms. The lowest BCUT2D eigenvalue weighted by Crippen LogP contribution is -2.56. The molecule has 4 atom stereocenters. The molecule has 2 amide bonds. The lowest BCUT2D eigenvalue weighted by atomic mass is 9.78. The van der Waals surface area contributed by atoms with Crippen molar-refractivity contribution in [2.45, 2.75) is 24.5 Å². The van der Waals surface area contributed by atoms with E-state index >= 15 is 0 Å². The Labute approximate surface area is 237 Å². The van der Waals surface area contributed by atoms with Gasteiger partial charge in [-0.15, -0.1) is 0 Å². The van der Waals surface area contributed by atoms with Crippen LogP contribution in [-0.4, -0.2) is 45.3 Å². The van der Waals surface area contributed by atoms with Gasteiger partial charge in [0.15, 0.2) is 0 Å². The van der Waals surface area contributed by atoms with Crippen molar-refractivity contribution in [3.63, 3.8) is 0 Å². The van der Waals surface area contributed by atoms with Crippen LogP contribution in [0, 0.1) is 11.8 Å². The zero-order valence-corrected chi connectivity index (χ0v) is 22.9. The highest BCUT2D eigenvalue weighted by molar-refractivity contribution is 7.98. The van der Waals surface area contributed by atoms with Crippen LogP contribution in [0.15, 0.2) is 97.1 Å². The molecule has 0 saturated carbocycles. The fourth-order valence-corrected chi connectivity index (χ4v) is 6.94. The number of carbonyl (C=O) groups is 3. The van der Waals surface area contributed by atoms with Gasteiger partial charge in [0, 0.05) is 6.04 Å². The summed E-state index contributed by atoms with van der Waals surface area (Å²) in [4.78, 5) is 42.3. The highest BCUT2D eigenvalue weighted by atomic mass is 32.2. The first kappa shape index (κ1) is 26.3. The number of nitrogens with zero attached hydrogens (tertiary/aromatic N) is 1. The summed E-state index contributed by atoms with van der Waals surface area (Å²) >= 11 is 1.53. The summed E-state index contributed by atoms with van der Waals surface area (Å²) in [7, 11) is 0. The van der Waals surface area contributed by atoms with Crippen molar-refractivity contribution in [1.29, 1.82) is 0 Å². The molecule has 2 N–H and O–H groups in total. The lowest BCUT2D eigenvalue weighted by Gasteiger charge is -2.31. The molecule has 0 bridgehead atoms. The fraction of sp³-hybridized carbons (Fsp3) is 0.242. The Morgan fingerprint density at radius 3 is 2.27 bits per heavy atom. The van der Waals surface area contributed by atoms with Crippen molar-refractivity contribution < 1.29 is 19.5 Å². The molecule has 0 aromatic heterocycles. The van der Waals surface area contributed by atoms with Crippen molar-refractivity contribution in [3.05, 3.63) is 108 Å². The molecule has 2 fully saturated rings. The maximum absolute atomic E-state index is 14.1. The Hall–Kier alpha value is -3.94. The van der Waals surface area contributed by atoms with E-state index in [0.29, 0.717) is 5.75 Å². The monoisotopic (exact) mass is 550 g/mol. The summed E-state index contributed by atoms with van der Waals surface area (Å²) in [5.41, 5.74) is 2.23. The van der Waals surface area contributed by atoms with Gasteiger partial charge in [-0.05, 0) is 51.5 Å². The summed E-state index contributed by atoms with van der Waals surface area (Å²) in [5, 5.41) is 15.9. The smallest absolute Gasteiger partial charge is 0.324 e. The van der Waals surface area contributed by atoms with E-state index in [1.807, 2.05) is 103 Å². The van der Waals surface area contributed by atoms with Gasteiger partial charge < -0.3 is 5.11 Å². The van der Waals surface area contributed by atoms with Gasteiger partial charge in [-0.3, -0.25) is 24.6 Å². The number of benzene rings is 4. The Morgan fingerprint density at radius 2 is 1.55 bits per heavy atom. The summed E-state index contributed by atoms with van der Waals surface area (Å²) in [6.45, 7) is 0.115. The van der Waals surface area contributed by atoms with E-state index < -0.39 is 35.3 Å². The van der Waals surface area contributed by atoms with E-state index in [4.69, 9.17) is 0 Å². The van der Waals surface area contributed by atoms with E-state index in [1.165, 1.54) is 16.7 Å². The van der Waals surface area contributed by atoms with Gasteiger partial charge in [0.25, 0.3) is 0 Å². The molecular formula is C33H30N2O4S. The minimum absolute atomic E-state index is 0.115. The Morgan fingerprint density at radius 1 is 0.875 bits per heavy atom. The van der Waals surface area contributed by atoms with Gasteiger partial charge in [0.2, 0.25) is 11.8 Å². The summed E-state index contributed by atoms with van der Waals surface area (Å²) < 4.78 is 0. The number of likely N-dealkylation sites (tertiary alicyclic amines) is 1. The van der Waals surface area contributed by atoms with Crippen LogP contribution in [0.25, 0.3) is 21.9 Å². The van der Waals surface area contributed by atoms with Crippen molar-refractivity contribution in [3.8, 4) is 11.1 Å². The second kappa shape index (κ2) is 10.6. The lowest BCUT2D eigenvalue weighted by molar-refractivity contribution is -0.151. The molecule has 40 heavy (non-hydrogen) atoms. The van der Waals surface area contributed by atoms with Gasteiger partial charge >= 0.3 is 5.97 Å². The molecule has 0 aliphatic carbocycles. The van der Waals surface area contributed by atoms with Crippen LogP contribution >= 0.6 is 11.8 Å².